The van der Waals surface area contributed by atoms with Crippen molar-refractivity contribution in [1.82, 2.24) is 15.1 Å². The molecule has 4 nitrogen and oxygen atoms in total. The summed E-state index contributed by atoms with van der Waals surface area (Å²) in [6, 6.07) is 11.3. The number of pyridine rings is 1. The molecule has 1 aromatic carbocycles. The van der Waals surface area contributed by atoms with Crippen molar-refractivity contribution < 1.29 is 4.52 Å². The van der Waals surface area contributed by atoms with Gasteiger partial charge in [-0.15, -0.1) is 0 Å². The van der Waals surface area contributed by atoms with Crippen molar-refractivity contribution in [3.63, 3.8) is 0 Å². The SMILES string of the molecule is Clc1cnccc1-c1noc(-c2ccccc2)n1. The van der Waals surface area contributed by atoms with Gasteiger partial charge in [0.25, 0.3) is 5.89 Å². The summed E-state index contributed by atoms with van der Waals surface area (Å²) in [4.78, 5) is 8.24. The Kier molecular flexibility index (Phi) is 2.78. The Morgan fingerprint density at radius 1 is 1.06 bits per heavy atom. The molecule has 0 bridgehead atoms. The average molecular weight is 258 g/mol. The van der Waals surface area contributed by atoms with Crippen LogP contribution in [-0.4, -0.2) is 15.1 Å². The lowest BCUT2D eigenvalue weighted by Crippen LogP contribution is -1.83. The summed E-state index contributed by atoms with van der Waals surface area (Å²) in [5, 5.41) is 4.42. The summed E-state index contributed by atoms with van der Waals surface area (Å²) in [6.07, 6.45) is 3.19. The van der Waals surface area contributed by atoms with Gasteiger partial charge < -0.3 is 4.52 Å². The molecular formula is C13H8ClN3O. The topological polar surface area (TPSA) is 51.8 Å². The second-order valence-corrected chi connectivity index (χ2v) is 4.05. The van der Waals surface area contributed by atoms with E-state index >= 15 is 0 Å². The Labute approximate surface area is 108 Å². The minimum atomic E-state index is 0.459. The zero-order valence-corrected chi connectivity index (χ0v) is 10.0. The molecule has 0 spiro atoms. The fraction of sp³-hybridized carbons (Fsp3) is 0. The predicted molar refractivity (Wildman–Crippen MR) is 68.0 cm³/mol. The first kappa shape index (κ1) is 10.9. The summed E-state index contributed by atoms with van der Waals surface area (Å²) < 4.78 is 5.22. The zero-order valence-electron chi connectivity index (χ0n) is 9.25. The van der Waals surface area contributed by atoms with E-state index < -0.39 is 0 Å². The molecule has 3 rings (SSSR count). The summed E-state index contributed by atoms with van der Waals surface area (Å²) in [5.41, 5.74) is 1.58. The van der Waals surface area contributed by atoms with Gasteiger partial charge in [0.1, 0.15) is 0 Å². The van der Waals surface area contributed by atoms with Gasteiger partial charge in [-0.3, -0.25) is 4.98 Å². The second-order valence-electron chi connectivity index (χ2n) is 3.64. The van der Waals surface area contributed by atoms with Crippen LogP contribution in [0.15, 0.2) is 53.3 Å². The molecule has 0 aliphatic heterocycles. The van der Waals surface area contributed by atoms with Crippen LogP contribution in [0.25, 0.3) is 22.8 Å². The number of nitrogens with zero attached hydrogens (tertiary/aromatic N) is 3. The number of aromatic nitrogens is 3. The molecule has 0 aliphatic rings. The first-order valence-corrected chi connectivity index (χ1v) is 5.71. The molecule has 0 fully saturated rings. The maximum atomic E-state index is 6.03. The molecule has 0 atom stereocenters. The second kappa shape index (κ2) is 4.58. The Balaban J connectivity index is 2.03. The van der Waals surface area contributed by atoms with E-state index in [-0.39, 0.29) is 0 Å². The molecule has 2 heterocycles. The van der Waals surface area contributed by atoms with E-state index in [1.165, 1.54) is 0 Å². The van der Waals surface area contributed by atoms with Crippen molar-refractivity contribution in [1.29, 1.82) is 0 Å². The van der Waals surface area contributed by atoms with Gasteiger partial charge in [-0.1, -0.05) is 35.0 Å². The lowest BCUT2D eigenvalue weighted by molar-refractivity contribution is 0.432. The fourth-order valence-corrected chi connectivity index (χ4v) is 1.79. The monoisotopic (exact) mass is 257 g/mol. The van der Waals surface area contributed by atoms with Crippen LogP contribution in [-0.2, 0) is 0 Å². The predicted octanol–water partition coefficient (Wildman–Crippen LogP) is 3.45. The van der Waals surface area contributed by atoms with E-state index in [9.17, 15) is 0 Å². The highest BCUT2D eigenvalue weighted by molar-refractivity contribution is 6.33. The minimum Gasteiger partial charge on any atom is -0.334 e. The van der Waals surface area contributed by atoms with Crippen LogP contribution < -0.4 is 0 Å². The standard InChI is InChI=1S/C13H8ClN3O/c14-11-8-15-7-6-10(11)12-16-13(18-17-12)9-4-2-1-3-5-9/h1-8H. The number of benzene rings is 1. The summed E-state index contributed by atoms with van der Waals surface area (Å²) in [6.45, 7) is 0. The van der Waals surface area contributed by atoms with E-state index in [0.717, 1.165) is 5.56 Å². The molecule has 3 aromatic rings. The number of rotatable bonds is 2. The smallest absolute Gasteiger partial charge is 0.258 e. The van der Waals surface area contributed by atoms with E-state index in [0.29, 0.717) is 22.3 Å². The summed E-state index contributed by atoms with van der Waals surface area (Å²) in [7, 11) is 0. The molecule has 18 heavy (non-hydrogen) atoms. The molecule has 0 saturated carbocycles. The molecule has 0 unspecified atom stereocenters. The first-order valence-electron chi connectivity index (χ1n) is 5.33. The fourth-order valence-electron chi connectivity index (χ4n) is 1.59. The van der Waals surface area contributed by atoms with Crippen LogP contribution in [0.4, 0.5) is 0 Å². The lowest BCUT2D eigenvalue weighted by atomic mass is 10.2. The first-order chi connectivity index (χ1) is 8.84. The highest BCUT2D eigenvalue weighted by Crippen LogP contribution is 2.26. The number of hydrogen-bond acceptors (Lipinski definition) is 4. The third kappa shape index (κ3) is 1.98. The van der Waals surface area contributed by atoms with Crippen molar-refractivity contribution in [3.05, 3.63) is 53.8 Å². The molecule has 88 valence electrons. The van der Waals surface area contributed by atoms with E-state index in [1.54, 1.807) is 18.5 Å². The van der Waals surface area contributed by atoms with Crippen molar-refractivity contribution in [3.8, 4) is 22.8 Å². The molecule has 0 saturated heterocycles. The summed E-state index contributed by atoms with van der Waals surface area (Å²) in [5.74, 6) is 0.930. The molecule has 0 radical (unpaired) electrons. The Bertz CT molecular complexity index is 667. The van der Waals surface area contributed by atoms with Crippen LogP contribution in [0, 0.1) is 0 Å². The highest BCUT2D eigenvalue weighted by atomic mass is 35.5. The van der Waals surface area contributed by atoms with Crippen LogP contribution in [0.5, 0.6) is 0 Å². The van der Waals surface area contributed by atoms with Gasteiger partial charge in [-0.05, 0) is 18.2 Å². The Hall–Kier alpha value is -2.20. The quantitative estimate of drug-likeness (QED) is 0.706. The van der Waals surface area contributed by atoms with Crippen molar-refractivity contribution in [2.75, 3.05) is 0 Å². The van der Waals surface area contributed by atoms with E-state index in [4.69, 9.17) is 16.1 Å². The number of halogens is 1. The Morgan fingerprint density at radius 2 is 1.89 bits per heavy atom. The van der Waals surface area contributed by atoms with Gasteiger partial charge in [-0.2, -0.15) is 4.98 Å². The maximum Gasteiger partial charge on any atom is 0.258 e. The normalized spacial score (nSPS) is 10.5. The molecule has 5 heteroatoms. The van der Waals surface area contributed by atoms with Gasteiger partial charge in [0.2, 0.25) is 5.82 Å². The minimum absolute atomic E-state index is 0.459. The molecule has 0 aliphatic carbocycles. The van der Waals surface area contributed by atoms with Gasteiger partial charge in [0, 0.05) is 23.5 Å². The van der Waals surface area contributed by atoms with Gasteiger partial charge in [-0.25, -0.2) is 0 Å². The van der Waals surface area contributed by atoms with Crippen LogP contribution in [0.2, 0.25) is 5.02 Å². The maximum absolute atomic E-state index is 6.03. The van der Waals surface area contributed by atoms with Crippen LogP contribution in [0.3, 0.4) is 0 Å². The van der Waals surface area contributed by atoms with Gasteiger partial charge in [0.05, 0.1) is 5.02 Å². The third-order valence-corrected chi connectivity index (χ3v) is 2.76. The number of hydrogen-bond donors (Lipinski definition) is 0. The third-order valence-electron chi connectivity index (χ3n) is 2.46. The van der Waals surface area contributed by atoms with Crippen molar-refractivity contribution >= 4 is 11.6 Å². The van der Waals surface area contributed by atoms with Gasteiger partial charge in [0.15, 0.2) is 0 Å². The zero-order chi connectivity index (χ0) is 12.4. The van der Waals surface area contributed by atoms with E-state index in [2.05, 4.69) is 15.1 Å². The molecule has 0 N–H and O–H groups in total. The lowest BCUT2D eigenvalue weighted by Gasteiger charge is -1.95. The van der Waals surface area contributed by atoms with Gasteiger partial charge >= 0.3 is 0 Å². The Morgan fingerprint density at radius 3 is 2.67 bits per heavy atom. The van der Waals surface area contributed by atoms with Crippen molar-refractivity contribution in [2.45, 2.75) is 0 Å². The average Bonchev–Trinajstić information content (AvgIpc) is 2.90. The molecular weight excluding hydrogens is 250 g/mol. The molecule has 2 aromatic heterocycles. The molecule has 0 amide bonds. The van der Waals surface area contributed by atoms with Crippen molar-refractivity contribution in [2.24, 2.45) is 0 Å². The highest BCUT2D eigenvalue weighted by Gasteiger charge is 2.12. The summed E-state index contributed by atoms with van der Waals surface area (Å²) >= 11 is 6.03. The van der Waals surface area contributed by atoms with E-state index in [1.807, 2.05) is 30.3 Å². The van der Waals surface area contributed by atoms with Crippen LogP contribution in [0.1, 0.15) is 0 Å². The largest absolute Gasteiger partial charge is 0.334 e. The van der Waals surface area contributed by atoms with Crippen LogP contribution >= 0.6 is 11.6 Å².